The average molecular weight is 516 g/mol. The lowest BCUT2D eigenvalue weighted by molar-refractivity contribution is -0.129. The number of nitrogens with zero attached hydrogens (tertiary/aromatic N) is 2. The van der Waals surface area contributed by atoms with Gasteiger partial charge in [0.25, 0.3) is 5.91 Å². The summed E-state index contributed by atoms with van der Waals surface area (Å²) in [4.78, 5) is 30.9. The van der Waals surface area contributed by atoms with Crippen molar-refractivity contribution in [2.45, 2.75) is 50.9 Å². The first kappa shape index (κ1) is 25.5. The second-order valence-electron chi connectivity index (χ2n) is 10.9. The first-order valence-corrected chi connectivity index (χ1v) is 15.0. The van der Waals surface area contributed by atoms with Crippen molar-refractivity contribution in [3.05, 3.63) is 91.0 Å². The summed E-state index contributed by atoms with van der Waals surface area (Å²) in [6.45, 7) is 7.50. The highest BCUT2D eigenvalue weighted by Crippen LogP contribution is 2.62. The molecule has 2 atom stereocenters. The average Bonchev–Trinajstić information content (AvgIpc) is 3.53. The zero-order valence-electron chi connectivity index (χ0n) is 21.9. The monoisotopic (exact) mass is 515 g/mol. The molecule has 0 N–H and O–H groups in total. The van der Waals surface area contributed by atoms with Crippen molar-refractivity contribution in [3.63, 3.8) is 0 Å². The number of carbonyl (C=O) groups is 2. The molecule has 3 aromatic carbocycles. The van der Waals surface area contributed by atoms with E-state index in [0.29, 0.717) is 19.6 Å². The number of benzene rings is 3. The van der Waals surface area contributed by atoms with Gasteiger partial charge in [0.15, 0.2) is 5.66 Å². The number of rotatable bonds is 5. The number of hydrogen-bond donors (Lipinski definition) is 0. The third kappa shape index (κ3) is 4.90. The van der Waals surface area contributed by atoms with Crippen LogP contribution in [0, 0.1) is 0 Å². The Morgan fingerprint density at radius 2 is 1.27 bits per heavy atom. The molecule has 0 radical (unpaired) electrons. The van der Waals surface area contributed by atoms with E-state index in [9.17, 15) is 9.59 Å². The summed E-state index contributed by atoms with van der Waals surface area (Å²) < 4.78 is 5.60. The van der Waals surface area contributed by atoms with Gasteiger partial charge in [-0.3, -0.25) is 4.79 Å². The molecule has 2 aliphatic heterocycles. The summed E-state index contributed by atoms with van der Waals surface area (Å²) in [5.41, 5.74) is -0.676. The molecule has 6 heteroatoms. The molecule has 2 heterocycles. The lowest BCUT2D eigenvalue weighted by Crippen LogP contribution is -2.46. The number of carbonyl (C=O) groups excluding carboxylic acids is 2. The summed E-state index contributed by atoms with van der Waals surface area (Å²) in [5.74, 6) is 0.209. The van der Waals surface area contributed by atoms with E-state index in [1.807, 2.05) is 39.0 Å². The van der Waals surface area contributed by atoms with Gasteiger partial charge < -0.3 is 14.5 Å². The standard InChI is InChI=1S/C31H36N2O3P/c1-31(2,3)36-30(35)32-21-19-24(23-32)33-22-20-28(29(33)34)37(25-13-7-4-8-14-25,26-15-9-5-10-16-26)27-17-11-6-12-18-27/h4-18,24,28H,19-23H2,1-3H3/q+1/t24-,28+/m1/s1. The summed E-state index contributed by atoms with van der Waals surface area (Å²) in [5, 5.41) is 3.69. The maximum atomic E-state index is 14.4. The van der Waals surface area contributed by atoms with Crippen molar-refractivity contribution < 1.29 is 14.3 Å². The first-order valence-electron chi connectivity index (χ1n) is 13.1. The fraction of sp³-hybridized carbons (Fsp3) is 0.355. The quantitative estimate of drug-likeness (QED) is 0.467. The molecule has 0 unspecified atom stereocenters. The van der Waals surface area contributed by atoms with Crippen LogP contribution in [0.3, 0.4) is 0 Å². The fourth-order valence-corrected chi connectivity index (χ4v) is 10.8. The normalized spacial score (nSPS) is 20.4. The molecule has 37 heavy (non-hydrogen) atoms. The molecule has 3 aromatic rings. The molecule has 192 valence electrons. The highest BCUT2D eigenvalue weighted by atomic mass is 31.2. The SMILES string of the molecule is CC(C)(C)OC(=O)N1CC[C@@H](N2CC[C@H]([P+](c3ccccc3)(c3ccccc3)c3ccccc3)C2=O)C1. The Kier molecular flexibility index (Phi) is 7.09. The van der Waals surface area contributed by atoms with Crippen LogP contribution in [0.25, 0.3) is 0 Å². The smallest absolute Gasteiger partial charge is 0.410 e. The van der Waals surface area contributed by atoms with Gasteiger partial charge in [-0.2, -0.15) is 0 Å². The van der Waals surface area contributed by atoms with Crippen molar-refractivity contribution in [1.82, 2.24) is 9.80 Å². The van der Waals surface area contributed by atoms with Crippen LogP contribution >= 0.6 is 7.26 Å². The van der Waals surface area contributed by atoms with Crippen molar-refractivity contribution in [2.75, 3.05) is 19.6 Å². The van der Waals surface area contributed by atoms with Crippen LogP contribution in [0.2, 0.25) is 0 Å². The van der Waals surface area contributed by atoms with E-state index >= 15 is 0 Å². The largest absolute Gasteiger partial charge is 0.444 e. The van der Waals surface area contributed by atoms with E-state index in [2.05, 4.69) is 77.7 Å². The van der Waals surface area contributed by atoms with Crippen LogP contribution < -0.4 is 15.9 Å². The van der Waals surface area contributed by atoms with Gasteiger partial charge in [0.1, 0.15) is 28.8 Å². The van der Waals surface area contributed by atoms with Gasteiger partial charge in [0, 0.05) is 26.1 Å². The summed E-state index contributed by atoms with van der Waals surface area (Å²) in [7, 11) is -2.29. The molecule has 2 fully saturated rings. The topological polar surface area (TPSA) is 49.9 Å². The van der Waals surface area contributed by atoms with E-state index in [1.165, 1.54) is 15.9 Å². The van der Waals surface area contributed by atoms with Gasteiger partial charge in [-0.1, -0.05) is 54.6 Å². The number of ether oxygens (including phenoxy) is 1. The minimum absolute atomic E-state index is 0.0224. The first-order chi connectivity index (χ1) is 17.8. The number of likely N-dealkylation sites (tertiary alicyclic amines) is 2. The van der Waals surface area contributed by atoms with E-state index in [0.717, 1.165) is 12.8 Å². The van der Waals surface area contributed by atoms with Gasteiger partial charge in [0.05, 0.1) is 6.04 Å². The predicted octanol–water partition coefficient (Wildman–Crippen LogP) is 4.59. The second-order valence-corrected chi connectivity index (χ2v) is 14.6. The maximum absolute atomic E-state index is 14.4. The van der Waals surface area contributed by atoms with Crippen LogP contribution in [-0.2, 0) is 9.53 Å². The molecule has 0 aliphatic carbocycles. The lowest BCUT2D eigenvalue weighted by Gasteiger charge is -2.32. The molecule has 0 saturated carbocycles. The maximum Gasteiger partial charge on any atom is 0.410 e. The molecule has 0 bridgehead atoms. The Hall–Kier alpha value is -3.17. The highest BCUT2D eigenvalue weighted by Gasteiger charge is 2.59. The molecule has 0 spiro atoms. The summed E-state index contributed by atoms with van der Waals surface area (Å²) >= 11 is 0. The van der Waals surface area contributed by atoms with Crippen molar-refractivity contribution in [1.29, 1.82) is 0 Å². The van der Waals surface area contributed by atoms with Crippen molar-refractivity contribution in [3.8, 4) is 0 Å². The Labute approximate surface area is 220 Å². The third-order valence-electron chi connectivity index (χ3n) is 7.43. The van der Waals surface area contributed by atoms with E-state index in [-0.39, 0.29) is 23.7 Å². The second kappa shape index (κ2) is 10.3. The molecule has 2 saturated heterocycles. The third-order valence-corrected chi connectivity index (χ3v) is 12.2. The van der Waals surface area contributed by atoms with Gasteiger partial charge in [0.2, 0.25) is 0 Å². The Morgan fingerprint density at radius 3 is 1.73 bits per heavy atom. The molecular formula is C31H36N2O3P+. The number of amides is 2. The van der Waals surface area contributed by atoms with Gasteiger partial charge in [-0.05, 0) is 63.6 Å². The van der Waals surface area contributed by atoms with E-state index in [4.69, 9.17) is 4.74 Å². The van der Waals surface area contributed by atoms with E-state index in [1.54, 1.807) is 4.90 Å². The minimum Gasteiger partial charge on any atom is -0.444 e. The van der Waals surface area contributed by atoms with Crippen LogP contribution in [0.15, 0.2) is 91.0 Å². The zero-order valence-corrected chi connectivity index (χ0v) is 22.8. The molecule has 5 rings (SSSR count). The van der Waals surface area contributed by atoms with Crippen LogP contribution in [-0.4, -0.2) is 58.7 Å². The zero-order chi connectivity index (χ0) is 26.0. The molecule has 5 nitrogen and oxygen atoms in total. The minimum atomic E-state index is -2.29. The van der Waals surface area contributed by atoms with Crippen molar-refractivity contribution in [2.24, 2.45) is 0 Å². The highest BCUT2D eigenvalue weighted by molar-refractivity contribution is 7.96. The predicted molar refractivity (Wildman–Crippen MR) is 151 cm³/mol. The Balaban J connectivity index is 1.51. The van der Waals surface area contributed by atoms with Crippen LogP contribution in [0.5, 0.6) is 0 Å². The lowest BCUT2D eigenvalue weighted by atomic mass is 10.2. The van der Waals surface area contributed by atoms with Gasteiger partial charge in [-0.25, -0.2) is 4.79 Å². The molecule has 2 amide bonds. The van der Waals surface area contributed by atoms with Crippen LogP contribution in [0.1, 0.15) is 33.6 Å². The van der Waals surface area contributed by atoms with Gasteiger partial charge >= 0.3 is 6.09 Å². The molecular weight excluding hydrogens is 479 g/mol. The van der Waals surface area contributed by atoms with E-state index < -0.39 is 12.9 Å². The van der Waals surface area contributed by atoms with Crippen molar-refractivity contribution >= 4 is 35.2 Å². The molecule has 0 aromatic heterocycles. The fourth-order valence-electron chi connectivity index (χ4n) is 5.87. The molecule has 2 aliphatic rings. The summed E-state index contributed by atoms with van der Waals surface area (Å²) in [6, 6.07) is 31.9. The number of hydrogen-bond acceptors (Lipinski definition) is 3. The summed E-state index contributed by atoms with van der Waals surface area (Å²) in [6.07, 6.45) is 1.29. The Morgan fingerprint density at radius 1 is 0.784 bits per heavy atom. The van der Waals surface area contributed by atoms with Crippen LogP contribution in [0.4, 0.5) is 4.79 Å². The Bertz CT molecular complexity index is 1130. The van der Waals surface area contributed by atoms with Gasteiger partial charge in [-0.15, -0.1) is 0 Å².